The number of pyridine rings is 1. The van der Waals surface area contributed by atoms with Crippen LogP contribution in [0.1, 0.15) is 10.4 Å². The molecule has 0 saturated heterocycles. The summed E-state index contributed by atoms with van der Waals surface area (Å²) in [6.45, 7) is 1.40. The second-order valence-corrected chi connectivity index (χ2v) is 5.32. The first-order chi connectivity index (χ1) is 11.1. The number of para-hydroxylation sites is 2. The lowest BCUT2D eigenvalue weighted by Gasteiger charge is -2.11. The van der Waals surface area contributed by atoms with Gasteiger partial charge in [-0.1, -0.05) is 12.1 Å². The van der Waals surface area contributed by atoms with Gasteiger partial charge in [-0.25, -0.2) is 4.98 Å². The first-order valence-electron chi connectivity index (χ1n) is 7.39. The molecule has 6 nitrogen and oxygen atoms in total. The number of rotatable bonds is 7. The average Bonchev–Trinajstić information content (AvgIpc) is 2.55. The van der Waals surface area contributed by atoms with Crippen LogP contribution in [0.3, 0.4) is 0 Å². The first-order valence-corrected chi connectivity index (χ1v) is 7.39. The monoisotopic (exact) mass is 314 g/mol. The normalized spacial score (nSPS) is 10.4. The zero-order chi connectivity index (χ0) is 16.7. The number of likely N-dealkylation sites (N-methyl/N-ethyl adjacent to an activating group) is 1. The van der Waals surface area contributed by atoms with Crippen molar-refractivity contribution in [2.24, 2.45) is 0 Å². The number of aromatic nitrogens is 1. The van der Waals surface area contributed by atoms with Gasteiger partial charge >= 0.3 is 0 Å². The van der Waals surface area contributed by atoms with E-state index in [1.165, 1.54) is 0 Å². The third kappa shape index (κ3) is 4.96. The maximum absolute atomic E-state index is 12.0. The van der Waals surface area contributed by atoms with Crippen molar-refractivity contribution in [1.82, 2.24) is 15.2 Å². The number of ether oxygens (including phenoxy) is 1. The molecular formula is C17H22N4O2. The van der Waals surface area contributed by atoms with Gasteiger partial charge in [0.05, 0.1) is 18.4 Å². The molecule has 2 aromatic rings. The number of anilines is 2. The van der Waals surface area contributed by atoms with Crippen molar-refractivity contribution in [2.75, 3.05) is 39.6 Å². The van der Waals surface area contributed by atoms with Gasteiger partial charge in [-0.2, -0.15) is 0 Å². The lowest BCUT2D eigenvalue weighted by atomic mass is 10.2. The Morgan fingerprint density at radius 1 is 1.22 bits per heavy atom. The third-order valence-corrected chi connectivity index (χ3v) is 3.24. The Morgan fingerprint density at radius 2 is 2.00 bits per heavy atom. The van der Waals surface area contributed by atoms with E-state index in [1.54, 1.807) is 25.4 Å². The molecule has 23 heavy (non-hydrogen) atoms. The van der Waals surface area contributed by atoms with E-state index in [9.17, 15) is 4.79 Å². The lowest BCUT2D eigenvalue weighted by Crippen LogP contribution is -2.31. The van der Waals surface area contributed by atoms with Gasteiger partial charge in [0.25, 0.3) is 5.91 Å². The van der Waals surface area contributed by atoms with E-state index in [2.05, 4.69) is 15.6 Å². The van der Waals surface area contributed by atoms with E-state index < -0.39 is 0 Å². The van der Waals surface area contributed by atoms with Crippen molar-refractivity contribution in [3.8, 4) is 5.75 Å². The molecule has 6 heteroatoms. The summed E-state index contributed by atoms with van der Waals surface area (Å²) in [7, 11) is 5.55. The van der Waals surface area contributed by atoms with Crippen LogP contribution in [0, 0.1) is 0 Å². The van der Waals surface area contributed by atoms with Crippen molar-refractivity contribution in [2.45, 2.75) is 0 Å². The highest BCUT2D eigenvalue weighted by Gasteiger charge is 2.07. The molecule has 2 rings (SSSR count). The summed E-state index contributed by atoms with van der Waals surface area (Å²) in [5.74, 6) is 1.27. The standard InChI is InChI=1S/C17H22N4O2/c1-21(2)11-10-18-17(22)13-8-9-16(19-12-13)20-14-6-4-5-7-15(14)23-3/h4-9,12H,10-11H2,1-3H3,(H,18,22)(H,19,20). The molecule has 0 radical (unpaired) electrons. The third-order valence-electron chi connectivity index (χ3n) is 3.24. The summed E-state index contributed by atoms with van der Waals surface area (Å²) in [5.41, 5.74) is 1.36. The molecule has 0 atom stereocenters. The first kappa shape index (κ1) is 16.8. The molecule has 0 fully saturated rings. The summed E-state index contributed by atoms with van der Waals surface area (Å²) in [5, 5.41) is 6.03. The molecule has 0 bridgehead atoms. The van der Waals surface area contributed by atoms with E-state index in [0.29, 0.717) is 17.9 Å². The van der Waals surface area contributed by atoms with Crippen molar-refractivity contribution in [3.05, 3.63) is 48.2 Å². The summed E-state index contributed by atoms with van der Waals surface area (Å²) in [4.78, 5) is 18.3. The van der Waals surface area contributed by atoms with Crippen LogP contribution in [0.2, 0.25) is 0 Å². The minimum atomic E-state index is -0.122. The Hall–Kier alpha value is -2.60. The van der Waals surface area contributed by atoms with E-state index >= 15 is 0 Å². The Balaban J connectivity index is 1.98. The molecule has 1 aromatic carbocycles. The van der Waals surface area contributed by atoms with E-state index in [4.69, 9.17) is 4.74 Å². The highest BCUT2D eigenvalue weighted by molar-refractivity contribution is 5.94. The molecular weight excluding hydrogens is 292 g/mol. The number of hydrogen-bond donors (Lipinski definition) is 2. The molecule has 0 aliphatic heterocycles. The highest BCUT2D eigenvalue weighted by atomic mass is 16.5. The Morgan fingerprint density at radius 3 is 2.65 bits per heavy atom. The summed E-state index contributed by atoms with van der Waals surface area (Å²) in [6, 6.07) is 11.1. The van der Waals surface area contributed by atoms with Gasteiger partial charge in [0, 0.05) is 19.3 Å². The molecule has 122 valence electrons. The second-order valence-electron chi connectivity index (χ2n) is 5.32. The van der Waals surface area contributed by atoms with Crippen LogP contribution in [-0.2, 0) is 0 Å². The van der Waals surface area contributed by atoms with Gasteiger partial charge in [0.2, 0.25) is 0 Å². The molecule has 1 amide bonds. The van der Waals surface area contributed by atoms with Gasteiger partial charge in [-0.3, -0.25) is 4.79 Å². The van der Waals surface area contributed by atoms with Gasteiger partial charge < -0.3 is 20.3 Å². The van der Waals surface area contributed by atoms with Crippen LogP contribution >= 0.6 is 0 Å². The molecule has 2 N–H and O–H groups in total. The van der Waals surface area contributed by atoms with Crippen LogP contribution in [-0.4, -0.2) is 50.1 Å². The van der Waals surface area contributed by atoms with Crippen LogP contribution in [0.4, 0.5) is 11.5 Å². The minimum absolute atomic E-state index is 0.122. The van der Waals surface area contributed by atoms with Crippen LogP contribution < -0.4 is 15.4 Å². The largest absolute Gasteiger partial charge is 0.495 e. The number of hydrogen-bond acceptors (Lipinski definition) is 5. The Labute approximate surface area is 136 Å². The fourth-order valence-electron chi connectivity index (χ4n) is 1.98. The molecule has 0 aliphatic rings. The highest BCUT2D eigenvalue weighted by Crippen LogP contribution is 2.25. The molecule has 1 aromatic heterocycles. The van der Waals surface area contributed by atoms with E-state index in [0.717, 1.165) is 18.0 Å². The zero-order valence-corrected chi connectivity index (χ0v) is 13.7. The number of carbonyl (C=O) groups excluding carboxylic acids is 1. The number of amides is 1. The van der Waals surface area contributed by atoms with Gasteiger partial charge in [0.1, 0.15) is 11.6 Å². The number of methoxy groups -OCH3 is 1. The SMILES string of the molecule is COc1ccccc1Nc1ccc(C(=O)NCCN(C)C)cn1. The second kappa shape index (κ2) is 8.14. The van der Waals surface area contributed by atoms with Crippen LogP contribution in [0.25, 0.3) is 0 Å². The van der Waals surface area contributed by atoms with E-state index in [-0.39, 0.29) is 5.91 Å². The summed E-state index contributed by atoms with van der Waals surface area (Å²) < 4.78 is 5.28. The molecule has 0 spiro atoms. The number of carbonyl (C=O) groups is 1. The van der Waals surface area contributed by atoms with Crippen molar-refractivity contribution in [3.63, 3.8) is 0 Å². The maximum atomic E-state index is 12.0. The Bertz CT molecular complexity index is 641. The van der Waals surface area contributed by atoms with Crippen LogP contribution in [0.5, 0.6) is 5.75 Å². The van der Waals surface area contributed by atoms with Crippen LogP contribution in [0.15, 0.2) is 42.6 Å². The predicted molar refractivity (Wildman–Crippen MR) is 91.4 cm³/mol. The number of nitrogens with zero attached hydrogens (tertiary/aromatic N) is 2. The molecule has 0 aliphatic carbocycles. The number of nitrogens with one attached hydrogen (secondary N) is 2. The van der Waals surface area contributed by atoms with Gasteiger partial charge in [0.15, 0.2) is 0 Å². The predicted octanol–water partition coefficient (Wildman–Crippen LogP) is 2.13. The average molecular weight is 314 g/mol. The van der Waals surface area contributed by atoms with Crippen molar-refractivity contribution in [1.29, 1.82) is 0 Å². The van der Waals surface area contributed by atoms with Gasteiger partial charge in [-0.05, 0) is 38.4 Å². The van der Waals surface area contributed by atoms with Crippen molar-refractivity contribution < 1.29 is 9.53 Å². The summed E-state index contributed by atoms with van der Waals surface area (Å²) >= 11 is 0. The smallest absolute Gasteiger partial charge is 0.252 e. The lowest BCUT2D eigenvalue weighted by molar-refractivity contribution is 0.0950. The minimum Gasteiger partial charge on any atom is -0.495 e. The van der Waals surface area contributed by atoms with Gasteiger partial charge in [-0.15, -0.1) is 0 Å². The maximum Gasteiger partial charge on any atom is 0.252 e. The Kier molecular flexibility index (Phi) is 5.94. The molecule has 1 heterocycles. The van der Waals surface area contributed by atoms with Crippen molar-refractivity contribution >= 4 is 17.4 Å². The summed E-state index contributed by atoms with van der Waals surface area (Å²) in [6.07, 6.45) is 1.56. The fraction of sp³-hybridized carbons (Fsp3) is 0.294. The number of benzene rings is 1. The van der Waals surface area contributed by atoms with E-state index in [1.807, 2.05) is 43.3 Å². The fourth-order valence-corrected chi connectivity index (χ4v) is 1.98. The zero-order valence-electron chi connectivity index (χ0n) is 13.7. The molecule has 0 saturated carbocycles. The topological polar surface area (TPSA) is 66.5 Å². The molecule has 0 unspecified atom stereocenters. The quantitative estimate of drug-likeness (QED) is 0.819.